The second kappa shape index (κ2) is 14.1. The van der Waals surface area contributed by atoms with Crippen LogP contribution in [0, 0.1) is 10.1 Å². The molecule has 1 unspecified atom stereocenters. The third kappa shape index (κ3) is 7.73. The average Bonchev–Trinajstić information content (AvgIpc) is 3.01. The third-order valence-corrected chi connectivity index (χ3v) is 9.33. The molecule has 0 spiro atoms. The van der Waals surface area contributed by atoms with Crippen LogP contribution in [0.5, 0.6) is 0 Å². The van der Waals surface area contributed by atoms with Crippen molar-refractivity contribution in [2.24, 2.45) is 0 Å². The maximum atomic E-state index is 14.0. The first-order valence-corrected chi connectivity index (χ1v) is 15.6. The fourth-order valence-corrected chi connectivity index (χ4v) is 6.58. The normalized spacial score (nSPS) is 14.5. The molecule has 0 heterocycles. The van der Waals surface area contributed by atoms with Crippen LogP contribution in [0.15, 0.2) is 89.8 Å². The molecule has 1 N–H and O–H groups in total. The summed E-state index contributed by atoms with van der Waals surface area (Å²) >= 11 is 0. The maximum Gasteiger partial charge on any atom is 0.271 e. The summed E-state index contributed by atoms with van der Waals surface area (Å²) in [4.78, 5) is 39.5. The predicted molar refractivity (Wildman–Crippen MR) is 160 cm³/mol. The van der Waals surface area contributed by atoms with E-state index in [4.69, 9.17) is 0 Å². The Hall–Kier alpha value is -4.25. The number of nitro benzene ring substituents is 1. The quantitative estimate of drug-likeness (QED) is 0.240. The van der Waals surface area contributed by atoms with Crippen molar-refractivity contribution in [1.82, 2.24) is 10.2 Å². The number of anilines is 1. The van der Waals surface area contributed by atoms with Gasteiger partial charge in [-0.25, -0.2) is 8.42 Å². The van der Waals surface area contributed by atoms with E-state index in [1.165, 1.54) is 35.2 Å². The number of nitro groups is 1. The summed E-state index contributed by atoms with van der Waals surface area (Å²) in [5.74, 6) is -0.889. The van der Waals surface area contributed by atoms with Crippen LogP contribution in [0.4, 0.5) is 11.4 Å². The molecule has 1 aliphatic rings. The van der Waals surface area contributed by atoms with Crippen LogP contribution in [0.2, 0.25) is 0 Å². The Morgan fingerprint density at radius 3 is 2.24 bits per heavy atom. The van der Waals surface area contributed by atoms with E-state index in [2.05, 4.69) is 5.32 Å². The van der Waals surface area contributed by atoms with Crippen LogP contribution < -0.4 is 9.62 Å². The lowest BCUT2D eigenvalue weighted by molar-refractivity contribution is -0.384. The fraction of sp³-hybridized carbons (Fsp3) is 0.355. The number of hydrogen-bond donors (Lipinski definition) is 1. The van der Waals surface area contributed by atoms with Gasteiger partial charge in [0.1, 0.15) is 12.6 Å². The molecule has 3 aromatic rings. The molecule has 4 rings (SSSR count). The van der Waals surface area contributed by atoms with Crippen LogP contribution in [0.1, 0.15) is 44.6 Å². The van der Waals surface area contributed by atoms with Crippen molar-refractivity contribution < 1.29 is 22.9 Å². The molecule has 0 radical (unpaired) electrons. The van der Waals surface area contributed by atoms with E-state index in [0.29, 0.717) is 6.42 Å². The molecule has 0 aromatic heterocycles. The SMILES string of the molecule is CC(C(=O)NC1CCCCC1)N(CCc1ccccc1)C(=O)CN(c1cccc([N+](=O)[O-])c1)S(=O)(=O)c1ccccc1. The number of carbonyl (C=O) groups excluding carboxylic acids is 2. The summed E-state index contributed by atoms with van der Waals surface area (Å²) in [5.41, 5.74) is 0.626. The van der Waals surface area contributed by atoms with Gasteiger partial charge in [-0.05, 0) is 49.9 Å². The van der Waals surface area contributed by atoms with Crippen molar-refractivity contribution in [1.29, 1.82) is 0 Å². The molecule has 0 saturated heterocycles. The minimum atomic E-state index is -4.30. The summed E-state index contributed by atoms with van der Waals surface area (Å²) in [7, 11) is -4.30. The lowest BCUT2D eigenvalue weighted by Crippen LogP contribution is -2.53. The molecule has 3 aromatic carbocycles. The highest BCUT2D eigenvalue weighted by Crippen LogP contribution is 2.27. The van der Waals surface area contributed by atoms with Gasteiger partial charge in [0.25, 0.3) is 15.7 Å². The van der Waals surface area contributed by atoms with Crippen molar-refractivity contribution in [2.45, 2.75) is 62.4 Å². The molecule has 222 valence electrons. The van der Waals surface area contributed by atoms with Gasteiger partial charge < -0.3 is 10.2 Å². The minimum Gasteiger partial charge on any atom is -0.352 e. The molecule has 42 heavy (non-hydrogen) atoms. The van der Waals surface area contributed by atoms with Gasteiger partial charge in [-0.3, -0.25) is 24.0 Å². The average molecular weight is 593 g/mol. The molecule has 10 nitrogen and oxygen atoms in total. The lowest BCUT2D eigenvalue weighted by Gasteiger charge is -2.33. The summed E-state index contributed by atoms with van der Waals surface area (Å²) in [6, 6.07) is 21.4. The number of sulfonamides is 1. The monoisotopic (exact) mass is 592 g/mol. The van der Waals surface area contributed by atoms with E-state index in [9.17, 15) is 28.1 Å². The van der Waals surface area contributed by atoms with Crippen molar-refractivity contribution in [3.63, 3.8) is 0 Å². The van der Waals surface area contributed by atoms with Crippen molar-refractivity contribution >= 4 is 33.2 Å². The van der Waals surface area contributed by atoms with Gasteiger partial charge in [0, 0.05) is 24.7 Å². The second-order valence-corrected chi connectivity index (χ2v) is 12.3. The van der Waals surface area contributed by atoms with Crippen LogP contribution in [0.3, 0.4) is 0 Å². The number of rotatable bonds is 12. The van der Waals surface area contributed by atoms with Crippen LogP contribution in [-0.2, 0) is 26.0 Å². The molecule has 1 aliphatic carbocycles. The van der Waals surface area contributed by atoms with E-state index < -0.39 is 33.4 Å². The van der Waals surface area contributed by atoms with Gasteiger partial charge in [0.15, 0.2) is 0 Å². The van der Waals surface area contributed by atoms with Crippen LogP contribution >= 0.6 is 0 Å². The van der Waals surface area contributed by atoms with Gasteiger partial charge in [0.2, 0.25) is 11.8 Å². The number of nitrogens with one attached hydrogen (secondary N) is 1. The Morgan fingerprint density at radius 2 is 1.60 bits per heavy atom. The lowest BCUT2D eigenvalue weighted by atomic mass is 9.95. The Labute approximate surface area is 246 Å². The molecule has 2 amide bonds. The maximum absolute atomic E-state index is 14.0. The van der Waals surface area contributed by atoms with Gasteiger partial charge >= 0.3 is 0 Å². The number of carbonyl (C=O) groups is 2. The highest BCUT2D eigenvalue weighted by atomic mass is 32.2. The van der Waals surface area contributed by atoms with Crippen molar-refractivity contribution in [2.75, 3.05) is 17.4 Å². The van der Waals surface area contributed by atoms with Gasteiger partial charge in [-0.1, -0.05) is 73.9 Å². The van der Waals surface area contributed by atoms with E-state index in [1.54, 1.807) is 25.1 Å². The van der Waals surface area contributed by atoms with Gasteiger partial charge in [-0.15, -0.1) is 0 Å². The first-order chi connectivity index (χ1) is 20.2. The molecular weight excluding hydrogens is 556 g/mol. The number of benzene rings is 3. The van der Waals surface area contributed by atoms with E-state index >= 15 is 0 Å². The zero-order chi connectivity index (χ0) is 30.1. The molecule has 0 aliphatic heterocycles. The molecular formula is C31H36N4O6S. The molecule has 1 atom stereocenters. The minimum absolute atomic E-state index is 0.0243. The number of non-ortho nitro benzene ring substituents is 1. The number of amides is 2. The standard InChI is InChI=1S/C31H36N4O6S/c1-24(31(37)32-26-14-7-3-8-15-26)33(21-20-25-12-5-2-6-13-25)30(36)23-34(27-16-11-17-28(22-27)35(38)39)42(40,41)29-18-9-4-10-19-29/h2,4-6,9-13,16-19,22,24,26H,3,7-8,14-15,20-21,23H2,1H3,(H,32,37). The molecule has 1 fully saturated rings. The fourth-order valence-electron chi connectivity index (χ4n) is 5.15. The summed E-state index contributed by atoms with van der Waals surface area (Å²) in [5, 5.41) is 14.6. The zero-order valence-corrected chi connectivity index (χ0v) is 24.4. The Kier molecular flexibility index (Phi) is 10.3. The summed E-state index contributed by atoms with van der Waals surface area (Å²) < 4.78 is 28.5. The van der Waals surface area contributed by atoms with E-state index in [0.717, 1.165) is 48.0 Å². The van der Waals surface area contributed by atoms with E-state index in [-0.39, 0.29) is 34.8 Å². The first-order valence-electron chi connectivity index (χ1n) is 14.1. The van der Waals surface area contributed by atoms with Crippen LogP contribution in [0.25, 0.3) is 0 Å². The van der Waals surface area contributed by atoms with Crippen molar-refractivity contribution in [3.8, 4) is 0 Å². The third-order valence-electron chi connectivity index (χ3n) is 7.54. The zero-order valence-electron chi connectivity index (χ0n) is 23.6. The second-order valence-electron chi connectivity index (χ2n) is 10.4. The topological polar surface area (TPSA) is 130 Å². The van der Waals surface area contributed by atoms with Gasteiger partial charge in [0.05, 0.1) is 15.5 Å². The summed E-state index contributed by atoms with van der Waals surface area (Å²) in [6.07, 6.45) is 5.42. The predicted octanol–water partition coefficient (Wildman–Crippen LogP) is 4.70. The Bertz CT molecular complexity index is 1480. The van der Waals surface area contributed by atoms with Gasteiger partial charge in [-0.2, -0.15) is 0 Å². The number of hydrogen-bond acceptors (Lipinski definition) is 6. The first kappa shape index (κ1) is 30.7. The molecule has 0 bridgehead atoms. The van der Waals surface area contributed by atoms with Crippen molar-refractivity contribution in [3.05, 3.63) is 101 Å². The highest BCUT2D eigenvalue weighted by Gasteiger charge is 2.33. The van der Waals surface area contributed by atoms with Crippen LogP contribution in [-0.4, -0.2) is 55.2 Å². The smallest absolute Gasteiger partial charge is 0.271 e. The summed E-state index contributed by atoms with van der Waals surface area (Å²) in [6.45, 7) is 1.18. The largest absolute Gasteiger partial charge is 0.352 e. The molecule has 11 heteroatoms. The Morgan fingerprint density at radius 1 is 0.952 bits per heavy atom. The Balaban J connectivity index is 1.66. The highest BCUT2D eigenvalue weighted by molar-refractivity contribution is 7.92. The number of nitrogens with zero attached hydrogens (tertiary/aromatic N) is 3. The van der Waals surface area contributed by atoms with E-state index in [1.807, 2.05) is 30.3 Å². The molecule has 1 saturated carbocycles.